The van der Waals surface area contributed by atoms with Gasteiger partial charge in [0, 0.05) is 22.7 Å². The third-order valence-corrected chi connectivity index (χ3v) is 5.12. The number of hydrogen-bond acceptors (Lipinski definition) is 4. The van der Waals surface area contributed by atoms with Crippen LogP contribution in [0.4, 0.5) is 0 Å². The van der Waals surface area contributed by atoms with E-state index in [0.29, 0.717) is 0 Å². The SMILES string of the molecule is CSCC[C@@H](C)OC(=O)[C@@H](N)c1ccccc1-c1c[nH]c2ccccc12. The van der Waals surface area contributed by atoms with Crippen molar-refractivity contribution in [3.8, 4) is 11.1 Å². The number of nitrogens with two attached hydrogens (primary N) is 1. The van der Waals surface area contributed by atoms with Gasteiger partial charge < -0.3 is 15.5 Å². The minimum atomic E-state index is -0.809. The zero-order valence-electron chi connectivity index (χ0n) is 15.1. The van der Waals surface area contributed by atoms with E-state index in [2.05, 4.69) is 11.1 Å². The smallest absolute Gasteiger partial charge is 0.327 e. The Balaban J connectivity index is 1.88. The summed E-state index contributed by atoms with van der Waals surface area (Å²) in [6.07, 6.45) is 4.69. The predicted octanol–water partition coefficient (Wildman–Crippen LogP) is 4.52. The number of nitrogens with one attached hydrogen (secondary N) is 1. The minimum absolute atomic E-state index is 0.138. The molecule has 0 unspecified atom stereocenters. The average Bonchev–Trinajstić information content (AvgIpc) is 3.09. The van der Waals surface area contributed by atoms with Crippen molar-refractivity contribution in [2.24, 2.45) is 5.73 Å². The second-order valence-electron chi connectivity index (χ2n) is 6.34. The van der Waals surface area contributed by atoms with Gasteiger partial charge in [0.1, 0.15) is 6.04 Å². The number of carbonyl (C=O) groups excluding carboxylic acids is 1. The fraction of sp³-hybridized carbons (Fsp3) is 0.286. The van der Waals surface area contributed by atoms with Crippen LogP contribution in [0, 0.1) is 0 Å². The van der Waals surface area contributed by atoms with E-state index < -0.39 is 6.04 Å². The molecule has 0 saturated heterocycles. The first-order valence-electron chi connectivity index (χ1n) is 8.72. The average molecular weight is 369 g/mol. The van der Waals surface area contributed by atoms with Crippen LogP contribution in [0.15, 0.2) is 54.7 Å². The maximum Gasteiger partial charge on any atom is 0.327 e. The molecule has 0 aliphatic carbocycles. The van der Waals surface area contributed by atoms with Gasteiger partial charge in [-0.15, -0.1) is 0 Å². The van der Waals surface area contributed by atoms with Crippen LogP contribution in [0.1, 0.15) is 24.9 Å². The summed E-state index contributed by atoms with van der Waals surface area (Å²) < 4.78 is 5.54. The Morgan fingerprint density at radius 1 is 1.15 bits per heavy atom. The highest BCUT2D eigenvalue weighted by molar-refractivity contribution is 7.98. The summed E-state index contributed by atoms with van der Waals surface area (Å²) in [5, 5.41) is 1.11. The van der Waals surface area contributed by atoms with E-state index in [-0.39, 0.29) is 12.1 Å². The van der Waals surface area contributed by atoms with Gasteiger partial charge in [-0.1, -0.05) is 42.5 Å². The number of rotatable bonds is 7. The largest absolute Gasteiger partial charge is 0.461 e. The Hall–Kier alpha value is -2.24. The highest BCUT2D eigenvalue weighted by Gasteiger charge is 2.23. The molecule has 0 fully saturated rings. The summed E-state index contributed by atoms with van der Waals surface area (Å²) in [5.74, 6) is 0.571. The number of aromatic amines is 1. The summed E-state index contributed by atoms with van der Waals surface area (Å²) in [5.41, 5.74) is 10.1. The standard InChI is InChI=1S/C21H24N2O2S/c1-14(11-12-26-2)25-21(24)20(22)17-9-4-3-7-15(17)18-13-23-19-10-6-5-8-16(18)19/h3-10,13-14,20,23H,11-12,22H2,1-2H3/t14-,20+/m1/s1. The molecule has 3 rings (SSSR count). The molecule has 136 valence electrons. The van der Waals surface area contributed by atoms with Gasteiger partial charge in [0.15, 0.2) is 0 Å². The summed E-state index contributed by atoms with van der Waals surface area (Å²) in [6, 6.07) is 15.0. The number of ether oxygens (including phenoxy) is 1. The van der Waals surface area contributed by atoms with Gasteiger partial charge >= 0.3 is 5.97 Å². The zero-order valence-corrected chi connectivity index (χ0v) is 15.9. The summed E-state index contributed by atoms with van der Waals surface area (Å²) in [7, 11) is 0. The van der Waals surface area contributed by atoms with Crippen molar-refractivity contribution >= 4 is 28.6 Å². The van der Waals surface area contributed by atoms with Crippen molar-refractivity contribution in [1.29, 1.82) is 0 Å². The molecular weight excluding hydrogens is 344 g/mol. The Labute approximate surface area is 158 Å². The van der Waals surface area contributed by atoms with Crippen molar-refractivity contribution in [3.63, 3.8) is 0 Å². The van der Waals surface area contributed by atoms with Crippen LogP contribution in [0.3, 0.4) is 0 Å². The third-order valence-electron chi connectivity index (χ3n) is 4.48. The maximum atomic E-state index is 12.5. The Bertz CT molecular complexity index is 890. The molecule has 5 heteroatoms. The Morgan fingerprint density at radius 2 is 1.88 bits per heavy atom. The van der Waals surface area contributed by atoms with Crippen LogP contribution in [0.2, 0.25) is 0 Å². The van der Waals surface area contributed by atoms with Gasteiger partial charge in [-0.2, -0.15) is 11.8 Å². The molecule has 4 nitrogen and oxygen atoms in total. The van der Waals surface area contributed by atoms with Crippen molar-refractivity contribution in [2.45, 2.75) is 25.5 Å². The molecule has 2 atom stereocenters. The van der Waals surface area contributed by atoms with Gasteiger partial charge in [0.25, 0.3) is 0 Å². The van der Waals surface area contributed by atoms with E-state index in [4.69, 9.17) is 10.5 Å². The lowest BCUT2D eigenvalue weighted by Crippen LogP contribution is -2.27. The minimum Gasteiger partial charge on any atom is -0.461 e. The normalized spacial score (nSPS) is 13.5. The number of thioether (sulfide) groups is 1. The molecule has 26 heavy (non-hydrogen) atoms. The van der Waals surface area contributed by atoms with Crippen molar-refractivity contribution < 1.29 is 9.53 Å². The fourth-order valence-corrected chi connectivity index (χ4v) is 3.62. The van der Waals surface area contributed by atoms with E-state index in [1.807, 2.05) is 61.8 Å². The lowest BCUT2D eigenvalue weighted by Gasteiger charge is -2.19. The molecule has 0 radical (unpaired) electrons. The second kappa shape index (κ2) is 8.43. The summed E-state index contributed by atoms with van der Waals surface area (Å²) in [6.45, 7) is 1.91. The lowest BCUT2D eigenvalue weighted by atomic mass is 9.95. The maximum absolute atomic E-state index is 12.5. The number of para-hydroxylation sites is 1. The number of H-pyrrole nitrogens is 1. The van der Waals surface area contributed by atoms with Crippen molar-refractivity contribution in [3.05, 3.63) is 60.3 Å². The number of esters is 1. The van der Waals surface area contributed by atoms with Crippen LogP contribution in [-0.2, 0) is 9.53 Å². The molecule has 1 aromatic heterocycles. The van der Waals surface area contributed by atoms with E-state index in [0.717, 1.165) is 39.8 Å². The Kier molecular flexibility index (Phi) is 6.01. The molecule has 0 amide bonds. The van der Waals surface area contributed by atoms with E-state index >= 15 is 0 Å². The molecule has 1 heterocycles. The van der Waals surface area contributed by atoms with E-state index in [9.17, 15) is 4.79 Å². The molecule has 0 saturated carbocycles. The van der Waals surface area contributed by atoms with Gasteiger partial charge in [-0.3, -0.25) is 0 Å². The second-order valence-corrected chi connectivity index (χ2v) is 7.33. The summed E-state index contributed by atoms with van der Waals surface area (Å²) in [4.78, 5) is 15.8. The molecule has 0 aliphatic heterocycles. The first-order chi connectivity index (χ1) is 12.6. The summed E-state index contributed by atoms with van der Waals surface area (Å²) >= 11 is 1.74. The van der Waals surface area contributed by atoms with Gasteiger partial charge in [-0.25, -0.2) is 4.79 Å². The number of hydrogen-bond donors (Lipinski definition) is 2. The van der Waals surface area contributed by atoms with Crippen LogP contribution < -0.4 is 5.73 Å². The van der Waals surface area contributed by atoms with Crippen LogP contribution in [0.5, 0.6) is 0 Å². The third kappa shape index (κ3) is 3.94. The predicted molar refractivity (Wildman–Crippen MR) is 109 cm³/mol. The number of fused-ring (bicyclic) bond motifs is 1. The topological polar surface area (TPSA) is 68.1 Å². The van der Waals surface area contributed by atoms with Crippen molar-refractivity contribution in [1.82, 2.24) is 4.98 Å². The molecular formula is C21H24N2O2S. The monoisotopic (exact) mass is 368 g/mol. The van der Waals surface area contributed by atoms with Crippen LogP contribution in [0.25, 0.3) is 22.0 Å². The molecule has 3 N–H and O–H groups in total. The van der Waals surface area contributed by atoms with Gasteiger partial charge in [-0.05, 0) is 42.5 Å². The number of carbonyl (C=O) groups is 1. The molecule has 0 bridgehead atoms. The number of aromatic nitrogens is 1. The number of benzene rings is 2. The first-order valence-corrected chi connectivity index (χ1v) is 10.1. The van der Waals surface area contributed by atoms with E-state index in [1.165, 1.54) is 0 Å². The quantitative estimate of drug-likeness (QED) is 0.602. The molecule has 0 spiro atoms. The molecule has 2 aromatic carbocycles. The van der Waals surface area contributed by atoms with Crippen LogP contribution >= 0.6 is 11.8 Å². The fourth-order valence-electron chi connectivity index (χ4n) is 3.05. The van der Waals surface area contributed by atoms with E-state index in [1.54, 1.807) is 11.8 Å². The highest BCUT2D eigenvalue weighted by Crippen LogP contribution is 2.33. The van der Waals surface area contributed by atoms with Gasteiger partial charge in [0.05, 0.1) is 6.10 Å². The lowest BCUT2D eigenvalue weighted by molar-refractivity contribution is -0.150. The zero-order chi connectivity index (χ0) is 18.5. The highest BCUT2D eigenvalue weighted by atomic mass is 32.2. The molecule has 0 aliphatic rings. The molecule has 3 aromatic rings. The van der Waals surface area contributed by atoms with Crippen LogP contribution in [-0.4, -0.2) is 29.1 Å². The van der Waals surface area contributed by atoms with Gasteiger partial charge in [0.2, 0.25) is 0 Å². The van der Waals surface area contributed by atoms with Crippen molar-refractivity contribution in [2.75, 3.05) is 12.0 Å². The Morgan fingerprint density at radius 3 is 2.69 bits per heavy atom. The first kappa shape index (κ1) is 18.5.